The summed E-state index contributed by atoms with van der Waals surface area (Å²) in [6.45, 7) is 5.67. The highest BCUT2D eigenvalue weighted by atomic mass is 35.5. The van der Waals surface area contributed by atoms with E-state index in [0.717, 1.165) is 10.4 Å². The first kappa shape index (κ1) is 17.4. The van der Waals surface area contributed by atoms with Gasteiger partial charge in [0.2, 0.25) is 0 Å². The third kappa shape index (κ3) is 3.10. The number of nitrogens with one attached hydrogen (secondary N) is 1. The number of nitrogens with zero attached hydrogens (tertiary/aromatic N) is 3. The Morgan fingerprint density at radius 2 is 2.16 bits per heavy atom. The number of halogens is 1. The van der Waals surface area contributed by atoms with Gasteiger partial charge in [-0.2, -0.15) is 5.10 Å². The van der Waals surface area contributed by atoms with Crippen LogP contribution in [0.3, 0.4) is 0 Å². The van der Waals surface area contributed by atoms with Gasteiger partial charge in [0.15, 0.2) is 11.3 Å². The number of rotatable bonds is 4. The molecule has 0 bridgehead atoms. The van der Waals surface area contributed by atoms with E-state index in [4.69, 9.17) is 16.3 Å². The molecular weight excluding hydrogens is 364 g/mol. The monoisotopic (exact) mass is 378 g/mol. The quantitative estimate of drug-likeness (QED) is 0.702. The molecule has 0 aliphatic rings. The van der Waals surface area contributed by atoms with Gasteiger partial charge in [0.05, 0.1) is 12.2 Å². The number of hydrogen-bond acceptors (Lipinski definition) is 6. The predicted octanol–water partition coefficient (Wildman–Crippen LogP) is 3.49. The predicted molar refractivity (Wildman–Crippen MR) is 95.7 cm³/mol. The number of anilines is 1. The summed E-state index contributed by atoms with van der Waals surface area (Å²) in [6.07, 6.45) is 3.21. The van der Waals surface area contributed by atoms with Gasteiger partial charge in [0, 0.05) is 17.3 Å². The normalized spacial score (nSPS) is 10.9. The number of hydrogen-bond donors (Lipinski definition) is 1. The van der Waals surface area contributed by atoms with E-state index in [-0.39, 0.29) is 17.3 Å². The van der Waals surface area contributed by atoms with E-state index in [1.807, 2.05) is 13.8 Å². The molecule has 130 valence electrons. The summed E-state index contributed by atoms with van der Waals surface area (Å²) in [4.78, 5) is 29.8. The number of esters is 1. The zero-order chi connectivity index (χ0) is 18.1. The van der Waals surface area contributed by atoms with Crippen molar-refractivity contribution in [2.75, 3.05) is 11.9 Å². The fraction of sp³-hybridized carbons (Fsp3) is 0.250. The maximum absolute atomic E-state index is 12.6. The van der Waals surface area contributed by atoms with Crippen LogP contribution in [-0.4, -0.2) is 33.1 Å². The van der Waals surface area contributed by atoms with Crippen LogP contribution in [0.5, 0.6) is 0 Å². The number of carbonyl (C=O) groups is 2. The zero-order valence-corrected chi connectivity index (χ0v) is 15.4. The third-order valence-corrected chi connectivity index (χ3v) is 5.12. The molecule has 1 N–H and O–H groups in total. The first-order chi connectivity index (χ1) is 11.9. The van der Waals surface area contributed by atoms with Crippen LogP contribution in [-0.2, 0) is 4.74 Å². The highest BCUT2D eigenvalue weighted by Gasteiger charge is 2.25. The molecule has 0 saturated carbocycles. The molecule has 0 aromatic carbocycles. The number of carbonyl (C=O) groups excluding carboxylic acids is 2. The lowest BCUT2D eigenvalue weighted by Crippen LogP contribution is -2.15. The molecule has 3 aromatic heterocycles. The van der Waals surface area contributed by atoms with E-state index < -0.39 is 11.9 Å². The number of fused-ring (bicyclic) bond motifs is 1. The lowest BCUT2D eigenvalue weighted by molar-refractivity contribution is 0.0527. The summed E-state index contributed by atoms with van der Waals surface area (Å²) < 4.78 is 6.51. The second-order valence-electron chi connectivity index (χ2n) is 5.21. The second kappa shape index (κ2) is 6.81. The van der Waals surface area contributed by atoms with E-state index in [0.29, 0.717) is 16.2 Å². The highest BCUT2D eigenvalue weighted by molar-refractivity contribution is 7.16. The van der Waals surface area contributed by atoms with Crippen LogP contribution in [0.1, 0.15) is 38.2 Å². The van der Waals surface area contributed by atoms with Gasteiger partial charge >= 0.3 is 5.97 Å². The Bertz CT molecular complexity index is 979. The van der Waals surface area contributed by atoms with E-state index in [9.17, 15) is 9.59 Å². The molecular formula is C16H15ClN4O3S. The van der Waals surface area contributed by atoms with Crippen LogP contribution >= 0.6 is 22.9 Å². The van der Waals surface area contributed by atoms with Gasteiger partial charge in [-0.05, 0) is 32.4 Å². The van der Waals surface area contributed by atoms with Crippen LogP contribution in [0.25, 0.3) is 5.65 Å². The minimum Gasteiger partial charge on any atom is -0.462 e. The topological polar surface area (TPSA) is 85.6 Å². The maximum Gasteiger partial charge on any atom is 0.341 e. The maximum atomic E-state index is 12.6. The number of amides is 1. The number of aryl methyl sites for hydroxylation is 1. The molecule has 0 fully saturated rings. The smallest absolute Gasteiger partial charge is 0.341 e. The minimum absolute atomic E-state index is 0.0406. The van der Waals surface area contributed by atoms with Gasteiger partial charge in [-0.25, -0.2) is 14.3 Å². The highest BCUT2D eigenvalue weighted by Crippen LogP contribution is 2.33. The molecule has 0 radical (unpaired) electrons. The van der Waals surface area contributed by atoms with Crippen LogP contribution in [0.15, 0.2) is 18.5 Å². The lowest BCUT2D eigenvalue weighted by Gasteiger charge is -2.06. The molecule has 7 nitrogen and oxygen atoms in total. The lowest BCUT2D eigenvalue weighted by atomic mass is 10.1. The average molecular weight is 379 g/mol. The van der Waals surface area contributed by atoms with Crippen molar-refractivity contribution in [2.24, 2.45) is 0 Å². The Hall–Kier alpha value is -2.45. The second-order valence-corrected chi connectivity index (χ2v) is 6.82. The Kier molecular flexibility index (Phi) is 4.73. The molecule has 0 aliphatic heterocycles. The van der Waals surface area contributed by atoms with Gasteiger partial charge in [-0.1, -0.05) is 11.6 Å². The third-order valence-electron chi connectivity index (χ3n) is 3.65. The number of thiophene rings is 1. The fourth-order valence-corrected chi connectivity index (χ4v) is 3.63. The van der Waals surface area contributed by atoms with Crippen LogP contribution in [0, 0.1) is 13.8 Å². The van der Waals surface area contributed by atoms with Crippen LogP contribution < -0.4 is 5.32 Å². The van der Waals surface area contributed by atoms with Crippen molar-refractivity contribution >= 4 is 45.5 Å². The van der Waals surface area contributed by atoms with Crippen LogP contribution in [0.4, 0.5) is 5.00 Å². The van der Waals surface area contributed by atoms with Gasteiger partial charge in [0.1, 0.15) is 10.0 Å². The molecule has 0 spiro atoms. The molecule has 3 heterocycles. The van der Waals surface area contributed by atoms with E-state index in [2.05, 4.69) is 15.4 Å². The molecule has 25 heavy (non-hydrogen) atoms. The molecule has 1 amide bonds. The summed E-state index contributed by atoms with van der Waals surface area (Å²) in [5.41, 5.74) is 1.56. The van der Waals surface area contributed by atoms with Gasteiger partial charge < -0.3 is 10.1 Å². The van der Waals surface area contributed by atoms with Crippen molar-refractivity contribution in [3.8, 4) is 0 Å². The first-order valence-electron chi connectivity index (χ1n) is 7.51. The Balaban J connectivity index is 1.96. The SMILES string of the molecule is CCOC(=O)c1c(NC(=O)c2nn3cccnc3c2Cl)sc(C)c1C. The van der Waals surface area contributed by atoms with Crippen LogP contribution in [0.2, 0.25) is 5.02 Å². The summed E-state index contributed by atoms with van der Waals surface area (Å²) in [7, 11) is 0. The van der Waals surface area contributed by atoms with Gasteiger partial charge in [-0.3, -0.25) is 4.79 Å². The summed E-state index contributed by atoms with van der Waals surface area (Å²) >= 11 is 7.52. The van der Waals surface area contributed by atoms with E-state index >= 15 is 0 Å². The molecule has 0 saturated heterocycles. The summed E-state index contributed by atoms with van der Waals surface area (Å²) in [5, 5.41) is 7.44. The number of aromatic nitrogens is 3. The zero-order valence-electron chi connectivity index (χ0n) is 13.8. The largest absolute Gasteiger partial charge is 0.462 e. The Morgan fingerprint density at radius 3 is 2.84 bits per heavy atom. The summed E-state index contributed by atoms with van der Waals surface area (Å²) in [5.74, 6) is -0.982. The molecule has 0 aliphatic carbocycles. The van der Waals surface area contributed by atoms with Crippen molar-refractivity contribution in [2.45, 2.75) is 20.8 Å². The Labute approximate surface area is 152 Å². The fourth-order valence-electron chi connectivity index (χ4n) is 2.33. The van der Waals surface area contributed by atoms with E-state index in [1.165, 1.54) is 15.9 Å². The van der Waals surface area contributed by atoms with Crippen molar-refractivity contribution < 1.29 is 14.3 Å². The molecule has 3 rings (SSSR count). The first-order valence-corrected chi connectivity index (χ1v) is 8.70. The standard InChI is InChI=1S/C16H15ClN4O3S/c1-4-24-16(23)10-8(2)9(3)25-15(10)19-14(22)12-11(17)13-18-6-5-7-21(13)20-12/h5-7H,4H2,1-3H3,(H,19,22). The average Bonchev–Trinajstić information content (AvgIpc) is 3.06. The van der Waals surface area contributed by atoms with Gasteiger partial charge in [-0.15, -0.1) is 11.3 Å². The molecule has 0 atom stereocenters. The van der Waals surface area contributed by atoms with Crippen molar-refractivity contribution in [3.05, 3.63) is 45.2 Å². The molecule has 9 heteroatoms. The minimum atomic E-state index is -0.512. The van der Waals surface area contributed by atoms with Crippen molar-refractivity contribution in [1.82, 2.24) is 14.6 Å². The Morgan fingerprint density at radius 1 is 1.40 bits per heavy atom. The van der Waals surface area contributed by atoms with E-state index in [1.54, 1.807) is 25.4 Å². The summed E-state index contributed by atoms with van der Waals surface area (Å²) in [6, 6.07) is 1.68. The van der Waals surface area contributed by atoms with Gasteiger partial charge in [0.25, 0.3) is 5.91 Å². The molecule has 0 unspecified atom stereocenters. The van der Waals surface area contributed by atoms with Crippen molar-refractivity contribution in [3.63, 3.8) is 0 Å². The number of ether oxygens (including phenoxy) is 1. The van der Waals surface area contributed by atoms with Crippen molar-refractivity contribution in [1.29, 1.82) is 0 Å². The molecule has 3 aromatic rings.